The lowest BCUT2D eigenvalue weighted by Gasteiger charge is -2.38. The predicted octanol–water partition coefficient (Wildman–Crippen LogP) is 2.08. The van der Waals surface area contributed by atoms with Crippen molar-refractivity contribution < 1.29 is 33.4 Å². The third-order valence-electron chi connectivity index (χ3n) is 8.16. The van der Waals surface area contributed by atoms with E-state index >= 15 is 0 Å². The summed E-state index contributed by atoms with van der Waals surface area (Å²) in [5.74, 6) is -1.54. The van der Waals surface area contributed by atoms with Crippen LogP contribution in [0.5, 0.6) is 0 Å². The molecule has 220 valence electrons. The van der Waals surface area contributed by atoms with Gasteiger partial charge < -0.3 is 29.9 Å². The highest BCUT2D eigenvalue weighted by atomic mass is 16.6. The highest BCUT2D eigenvalue weighted by Gasteiger charge is 2.70. The van der Waals surface area contributed by atoms with Crippen LogP contribution in [0.25, 0.3) is 0 Å². The summed E-state index contributed by atoms with van der Waals surface area (Å²) in [6, 6.07) is -2.82. The Morgan fingerprint density at radius 2 is 1.69 bits per heavy atom. The number of piperidine rings is 2. The standard InChI is InChI=1S/C28H46N4O7/c1-26(2,3)21(30-25(37)39-27(4,5)6)23(35)32-14-16-19(28(16,7)8)20(32)22(34)29-17(24(36)38-9)15-31-13-11-10-12-18(31)33/h16-17,19-21H,10-15H2,1-9H3,(H,29,34)(H,30,37)/t16-,17?,19-,20-,21?/m0/s1. The summed E-state index contributed by atoms with van der Waals surface area (Å²) in [6.07, 6.45) is 1.32. The third-order valence-corrected chi connectivity index (χ3v) is 8.16. The fourth-order valence-electron chi connectivity index (χ4n) is 5.91. The van der Waals surface area contributed by atoms with E-state index in [-0.39, 0.29) is 35.6 Å². The minimum absolute atomic E-state index is 0.0141. The van der Waals surface area contributed by atoms with Crippen LogP contribution < -0.4 is 10.6 Å². The molecule has 2 saturated heterocycles. The summed E-state index contributed by atoms with van der Waals surface area (Å²) >= 11 is 0. The molecule has 39 heavy (non-hydrogen) atoms. The first-order valence-electron chi connectivity index (χ1n) is 13.8. The van der Waals surface area contributed by atoms with Gasteiger partial charge in [0.05, 0.1) is 13.7 Å². The van der Waals surface area contributed by atoms with Crippen molar-refractivity contribution in [1.29, 1.82) is 0 Å². The Morgan fingerprint density at radius 3 is 2.23 bits per heavy atom. The van der Waals surface area contributed by atoms with Crippen molar-refractivity contribution in [3.8, 4) is 0 Å². The van der Waals surface area contributed by atoms with E-state index in [2.05, 4.69) is 24.5 Å². The van der Waals surface area contributed by atoms with E-state index in [4.69, 9.17) is 9.47 Å². The van der Waals surface area contributed by atoms with Gasteiger partial charge in [-0.3, -0.25) is 14.4 Å². The Bertz CT molecular complexity index is 997. The van der Waals surface area contributed by atoms with Crippen LogP contribution in [0.1, 0.15) is 74.7 Å². The Hall–Kier alpha value is -2.85. The molecular formula is C28H46N4O7. The fourth-order valence-corrected chi connectivity index (χ4v) is 5.91. The second-order valence-electron chi connectivity index (χ2n) is 13.7. The number of carbonyl (C=O) groups excluding carboxylic acids is 5. The van der Waals surface area contributed by atoms with Crippen LogP contribution in [-0.2, 0) is 28.7 Å². The van der Waals surface area contributed by atoms with Crippen molar-refractivity contribution in [3.05, 3.63) is 0 Å². The quantitative estimate of drug-likeness (QED) is 0.464. The number of esters is 1. The highest BCUT2D eigenvalue weighted by molar-refractivity contribution is 5.95. The zero-order chi connectivity index (χ0) is 29.5. The average molecular weight is 551 g/mol. The summed E-state index contributed by atoms with van der Waals surface area (Å²) in [4.78, 5) is 68.5. The lowest BCUT2D eigenvalue weighted by molar-refractivity contribution is -0.149. The molecule has 11 heteroatoms. The van der Waals surface area contributed by atoms with E-state index in [1.807, 2.05) is 20.8 Å². The van der Waals surface area contributed by atoms with E-state index in [1.165, 1.54) is 12.0 Å². The molecule has 0 spiro atoms. The zero-order valence-electron chi connectivity index (χ0n) is 24.9. The Labute approximate surface area is 231 Å². The number of likely N-dealkylation sites (tertiary alicyclic amines) is 2. The maximum absolute atomic E-state index is 14.0. The highest BCUT2D eigenvalue weighted by Crippen LogP contribution is 2.65. The fraction of sp³-hybridized carbons (Fsp3) is 0.821. The van der Waals surface area contributed by atoms with Gasteiger partial charge in [-0.05, 0) is 56.3 Å². The van der Waals surface area contributed by atoms with Crippen molar-refractivity contribution >= 4 is 29.8 Å². The summed E-state index contributed by atoms with van der Waals surface area (Å²) in [7, 11) is 1.24. The topological polar surface area (TPSA) is 134 Å². The van der Waals surface area contributed by atoms with Gasteiger partial charge in [0.2, 0.25) is 17.7 Å². The number of hydrogen-bond acceptors (Lipinski definition) is 7. The minimum atomic E-state index is -1.05. The van der Waals surface area contributed by atoms with Gasteiger partial charge >= 0.3 is 12.1 Å². The largest absolute Gasteiger partial charge is 0.467 e. The number of nitrogens with one attached hydrogen (secondary N) is 2. The first-order chi connectivity index (χ1) is 17.9. The number of hydrogen-bond donors (Lipinski definition) is 2. The average Bonchev–Trinajstić information content (AvgIpc) is 3.14. The molecule has 0 aromatic carbocycles. The molecule has 1 saturated carbocycles. The van der Waals surface area contributed by atoms with Gasteiger partial charge in [0.25, 0.3) is 0 Å². The summed E-state index contributed by atoms with van der Waals surface area (Å²) < 4.78 is 10.3. The minimum Gasteiger partial charge on any atom is -0.467 e. The molecular weight excluding hydrogens is 504 g/mol. The summed E-state index contributed by atoms with van der Waals surface area (Å²) in [5.41, 5.74) is -1.56. The molecule has 0 aromatic heterocycles. The molecule has 3 rings (SSSR count). The molecule has 4 amide bonds. The van der Waals surface area contributed by atoms with Crippen molar-refractivity contribution in [3.63, 3.8) is 0 Å². The molecule has 3 aliphatic rings. The number of amides is 4. The van der Waals surface area contributed by atoms with Crippen LogP contribution in [0.3, 0.4) is 0 Å². The van der Waals surface area contributed by atoms with Crippen LogP contribution in [-0.4, -0.2) is 90.1 Å². The van der Waals surface area contributed by atoms with Gasteiger partial charge in [0, 0.05) is 19.5 Å². The lowest BCUT2D eigenvalue weighted by Crippen LogP contribution is -2.61. The molecule has 2 aliphatic heterocycles. The zero-order valence-corrected chi connectivity index (χ0v) is 24.9. The smallest absolute Gasteiger partial charge is 0.408 e. The van der Waals surface area contributed by atoms with Crippen LogP contribution >= 0.6 is 0 Å². The predicted molar refractivity (Wildman–Crippen MR) is 143 cm³/mol. The Morgan fingerprint density at radius 1 is 1.05 bits per heavy atom. The van der Waals surface area contributed by atoms with Crippen molar-refractivity contribution in [2.24, 2.45) is 22.7 Å². The molecule has 0 radical (unpaired) electrons. The Balaban J connectivity index is 1.83. The van der Waals surface area contributed by atoms with Crippen LogP contribution in [0.4, 0.5) is 4.79 Å². The Kier molecular flexibility index (Phi) is 8.63. The van der Waals surface area contributed by atoms with Gasteiger partial charge in [0.15, 0.2) is 0 Å². The number of carbonyl (C=O) groups is 5. The lowest BCUT2D eigenvalue weighted by atomic mass is 9.85. The second kappa shape index (κ2) is 11.0. The van der Waals surface area contributed by atoms with E-state index in [0.717, 1.165) is 12.8 Å². The molecule has 2 N–H and O–H groups in total. The molecule has 0 aromatic rings. The number of fused-ring (bicyclic) bond motifs is 1. The first-order valence-corrected chi connectivity index (χ1v) is 13.8. The molecule has 5 atom stereocenters. The SMILES string of the molecule is COC(=O)C(CN1CCCCC1=O)NC(=O)[C@@H]1[C@@H]2[C@H](CN1C(=O)C(NC(=O)OC(C)(C)C)C(C)(C)C)C2(C)C. The van der Waals surface area contributed by atoms with Crippen molar-refractivity contribution in [2.45, 2.75) is 98.4 Å². The maximum atomic E-state index is 14.0. The number of alkyl carbamates (subject to hydrolysis) is 1. The van der Waals surface area contributed by atoms with E-state index in [0.29, 0.717) is 19.5 Å². The maximum Gasteiger partial charge on any atom is 0.408 e. The van der Waals surface area contributed by atoms with E-state index in [9.17, 15) is 24.0 Å². The molecule has 2 unspecified atom stereocenters. The second-order valence-corrected chi connectivity index (χ2v) is 13.7. The van der Waals surface area contributed by atoms with Crippen LogP contribution in [0.15, 0.2) is 0 Å². The van der Waals surface area contributed by atoms with Crippen LogP contribution in [0, 0.1) is 22.7 Å². The van der Waals surface area contributed by atoms with Crippen molar-refractivity contribution in [1.82, 2.24) is 20.4 Å². The summed E-state index contributed by atoms with van der Waals surface area (Å²) in [5, 5.41) is 5.52. The molecule has 1 aliphatic carbocycles. The van der Waals surface area contributed by atoms with Gasteiger partial charge in [-0.1, -0.05) is 34.6 Å². The van der Waals surface area contributed by atoms with Crippen molar-refractivity contribution in [2.75, 3.05) is 26.7 Å². The normalized spacial score (nSPS) is 25.8. The monoisotopic (exact) mass is 550 g/mol. The molecule has 2 heterocycles. The van der Waals surface area contributed by atoms with Gasteiger partial charge in [-0.2, -0.15) is 0 Å². The first kappa shape index (κ1) is 30.7. The molecule has 11 nitrogen and oxygen atoms in total. The van der Waals surface area contributed by atoms with Gasteiger partial charge in [-0.15, -0.1) is 0 Å². The number of nitrogens with zero attached hydrogens (tertiary/aromatic N) is 2. The van der Waals surface area contributed by atoms with Crippen LogP contribution in [0.2, 0.25) is 0 Å². The number of ether oxygens (including phenoxy) is 2. The van der Waals surface area contributed by atoms with E-state index in [1.54, 1.807) is 25.7 Å². The van der Waals surface area contributed by atoms with Gasteiger partial charge in [0.1, 0.15) is 23.7 Å². The third kappa shape index (κ3) is 6.84. The van der Waals surface area contributed by atoms with Gasteiger partial charge in [-0.25, -0.2) is 9.59 Å². The molecule has 0 bridgehead atoms. The van der Waals surface area contributed by atoms with E-state index < -0.39 is 47.1 Å². The summed E-state index contributed by atoms with van der Waals surface area (Å²) in [6.45, 7) is 15.8. The number of rotatable bonds is 7. The molecule has 3 fully saturated rings. The number of methoxy groups -OCH3 is 1.